The first kappa shape index (κ1) is 15.2. The third kappa shape index (κ3) is 2.64. The molecule has 1 aliphatic rings. The molecule has 2 nitrogen and oxygen atoms in total. The van der Waals surface area contributed by atoms with Crippen LogP contribution in [-0.2, 0) is 12.7 Å². The second kappa shape index (κ2) is 5.28. The number of nitrogens with zero attached hydrogens (tertiary/aromatic N) is 1. The number of alkyl halides is 3. The number of hydrogen-bond acceptors (Lipinski definition) is 2. The monoisotopic (exact) mass is 286 g/mol. The highest BCUT2D eigenvalue weighted by atomic mass is 19.4. The molecule has 1 aromatic rings. The van der Waals surface area contributed by atoms with Crippen LogP contribution in [0.3, 0.4) is 0 Å². The third-order valence-electron chi connectivity index (χ3n) is 4.54. The Hall–Kier alpha value is -1.23. The average Bonchev–Trinajstić information content (AvgIpc) is 2.37. The molecule has 2 N–H and O–H groups in total. The van der Waals surface area contributed by atoms with Gasteiger partial charge in [-0.05, 0) is 30.5 Å². The third-order valence-corrected chi connectivity index (χ3v) is 4.54. The van der Waals surface area contributed by atoms with Crippen LogP contribution in [0.25, 0.3) is 0 Å². The van der Waals surface area contributed by atoms with E-state index in [9.17, 15) is 13.2 Å². The maximum absolute atomic E-state index is 13.0. The molecule has 0 atom stereocenters. The summed E-state index contributed by atoms with van der Waals surface area (Å²) in [6.07, 6.45) is -2.22. The SMILES string of the molecule is CCC1(CC)CN(c2ccc(CN)c(C(F)(F)F)c2)C1. The second-order valence-corrected chi connectivity index (χ2v) is 5.61. The summed E-state index contributed by atoms with van der Waals surface area (Å²) in [5.41, 5.74) is 5.85. The Morgan fingerprint density at radius 2 is 1.80 bits per heavy atom. The van der Waals surface area contributed by atoms with E-state index in [-0.39, 0.29) is 17.5 Å². The molecule has 0 aromatic heterocycles. The summed E-state index contributed by atoms with van der Waals surface area (Å²) in [4.78, 5) is 2.02. The van der Waals surface area contributed by atoms with E-state index in [4.69, 9.17) is 5.73 Å². The van der Waals surface area contributed by atoms with Gasteiger partial charge in [0.05, 0.1) is 5.56 Å². The van der Waals surface area contributed by atoms with Crippen molar-refractivity contribution in [3.05, 3.63) is 29.3 Å². The van der Waals surface area contributed by atoms with Gasteiger partial charge < -0.3 is 10.6 Å². The molecule has 0 aliphatic carbocycles. The van der Waals surface area contributed by atoms with Crippen molar-refractivity contribution in [2.45, 2.75) is 39.4 Å². The van der Waals surface area contributed by atoms with Gasteiger partial charge in [-0.2, -0.15) is 13.2 Å². The minimum atomic E-state index is -4.35. The van der Waals surface area contributed by atoms with Crippen molar-refractivity contribution >= 4 is 5.69 Å². The van der Waals surface area contributed by atoms with Gasteiger partial charge >= 0.3 is 6.18 Å². The van der Waals surface area contributed by atoms with Crippen molar-refractivity contribution in [3.63, 3.8) is 0 Å². The van der Waals surface area contributed by atoms with Crippen LogP contribution in [0.4, 0.5) is 18.9 Å². The first-order chi connectivity index (χ1) is 9.35. The van der Waals surface area contributed by atoms with Crippen molar-refractivity contribution in [1.82, 2.24) is 0 Å². The van der Waals surface area contributed by atoms with E-state index in [0.717, 1.165) is 25.9 Å². The maximum atomic E-state index is 13.0. The summed E-state index contributed by atoms with van der Waals surface area (Å²) in [5.74, 6) is 0. The van der Waals surface area contributed by atoms with E-state index in [0.29, 0.717) is 5.69 Å². The normalized spacial score (nSPS) is 18.0. The highest BCUT2D eigenvalue weighted by molar-refractivity contribution is 5.54. The zero-order valence-corrected chi connectivity index (χ0v) is 11.9. The molecule has 20 heavy (non-hydrogen) atoms. The maximum Gasteiger partial charge on any atom is 0.416 e. The lowest BCUT2D eigenvalue weighted by Gasteiger charge is -2.51. The minimum Gasteiger partial charge on any atom is -0.370 e. The van der Waals surface area contributed by atoms with Crippen molar-refractivity contribution in [3.8, 4) is 0 Å². The van der Waals surface area contributed by atoms with Crippen LogP contribution in [-0.4, -0.2) is 13.1 Å². The molecule has 0 unspecified atom stereocenters. The molecule has 0 spiro atoms. The minimum absolute atomic E-state index is 0.0943. The average molecular weight is 286 g/mol. The lowest BCUT2D eigenvalue weighted by molar-refractivity contribution is -0.138. The highest BCUT2D eigenvalue weighted by Crippen LogP contribution is 2.42. The number of nitrogens with two attached hydrogens (primary N) is 1. The summed E-state index contributed by atoms with van der Waals surface area (Å²) < 4.78 is 39.0. The fraction of sp³-hybridized carbons (Fsp3) is 0.600. The van der Waals surface area contributed by atoms with Crippen molar-refractivity contribution in [2.75, 3.05) is 18.0 Å². The number of halogens is 3. The van der Waals surface area contributed by atoms with E-state index in [2.05, 4.69) is 13.8 Å². The predicted octanol–water partition coefficient (Wildman–Crippen LogP) is 3.79. The zero-order valence-electron chi connectivity index (χ0n) is 11.9. The second-order valence-electron chi connectivity index (χ2n) is 5.61. The fourth-order valence-electron chi connectivity index (χ4n) is 2.85. The number of benzene rings is 1. The van der Waals surface area contributed by atoms with Gasteiger partial charge in [0.2, 0.25) is 0 Å². The molecule has 2 rings (SSSR count). The van der Waals surface area contributed by atoms with Crippen LogP contribution in [0.2, 0.25) is 0 Å². The number of hydrogen-bond donors (Lipinski definition) is 1. The molecular formula is C15H21F3N2. The Bertz CT molecular complexity index is 470. The smallest absolute Gasteiger partial charge is 0.370 e. The van der Waals surface area contributed by atoms with Gasteiger partial charge in [-0.25, -0.2) is 0 Å². The van der Waals surface area contributed by atoms with Crippen LogP contribution in [0.1, 0.15) is 37.8 Å². The molecule has 0 radical (unpaired) electrons. The summed E-state index contributed by atoms with van der Waals surface area (Å²) in [5, 5.41) is 0. The molecule has 0 amide bonds. The summed E-state index contributed by atoms with van der Waals surface area (Å²) in [7, 11) is 0. The summed E-state index contributed by atoms with van der Waals surface area (Å²) in [6, 6.07) is 4.47. The molecule has 1 heterocycles. The molecule has 1 fully saturated rings. The topological polar surface area (TPSA) is 29.3 Å². The van der Waals surface area contributed by atoms with Crippen LogP contribution in [0.5, 0.6) is 0 Å². The Morgan fingerprint density at radius 3 is 2.25 bits per heavy atom. The highest BCUT2D eigenvalue weighted by Gasteiger charge is 2.41. The van der Waals surface area contributed by atoms with E-state index >= 15 is 0 Å². The van der Waals surface area contributed by atoms with Crippen molar-refractivity contribution in [1.29, 1.82) is 0 Å². The zero-order chi connectivity index (χ0) is 15.0. The Balaban J connectivity index is 2.24. The van der Waals surface area contributed by atoms with Gasteiger partial charge in [0.1, 0.15) is 0 Å². The molecule has 1 aromatic carbocycles. The van der Waals surface area contributed by atoms with E-state index in [1.54, 1.807) is 6.07 Å². The molecule has 112 valence electrons. The van der Waals surface area contributed by atoms with E-state index in [1.807, 2.05) is 4.90 Å². The predicted molar refractivity (Wildman–Crippen MR) is 74.6 cm³/mol. The Morgan fingerprint density at radius 1 is 1.20 bits per heavy atom. The summed E-state index contributed by atoms with van der Waals surface area (Å²) >= 11 is 0. The number of anilines is 1. The Kier molecular flexibility index (Phi) is 4.00. The van der Waals surface area contributed by atoms with Gasteiger partial charge in [-0.15, -0.1) is 0 Å². The van der Waals surface area contributed by atoms with Crippen LogP contribution < -0.4 is 10.6 Å². The summed E-state index contributed by atoms with van der Waals surface area (Å²) in [6.45, 7) is 5.85. The lowest BCUT2D eigenvalue weighted by Crippen LogP contribution is -2.56. The molecule has 1 aliphatic heterocycles. The standard InChI is InChI=1S/C15H21F3N2/c1-3-14(4-2)9-20(10-14)12-6-5-11(8-19)13(7-12)15(16,17)18/h5-7H,3-4,8-10,19H2,1-2H3. The van der Waals surface area contributed by atoms with Gasteiger partial charge in [-0.1, -0.05) is 19.9 Å². The van der Waals surface area contributed by atoms with Crippen LogP contribution in [0, 0.1) is 5.41 Å². The van der Waals surface area contributed by atoms with Crippen molar-refractivity contribution in [2.24, 2.45) is 11.1 Å². The van der Waals surface area contributed by atoms with Crippen molar-refractivity contribution < 1.29 is 13.2 Å². The van der Waals surface area contributed by atoms with Crippen LogP contribution in [0.15, 0.2) is 18.2 Å². The number of rotatable bonds is 4. The lowest BCUT2D eigenvalue weighted by atomic mass is 9.75. The fourth-order valence-corrected chi connectivity index (χ4v) is 2.85. The molecule has 1 saturated heterocycles. The first-order valence-corrected chi connectivity index (χ1v) is 7.00. The van der Waals surface area contributed by atoms with Gasteiger partial charge in [0.25, 0.3) is 0 Å². The molecular weight excluding hydrogens is 265 g/mol. The van der Waals surface area contributed by atoms with E-state index < -0.39 is 11.7 Å². The molecule has 0 saturated carbocycles. The van der Waals surface area contributed by atoms with Gasteiger partial charge in [0, 0.05) is 30.7 Å². The Labute approximate surface area is 117 Å². The molecule has 5 heteroatoms. The van der Waals surface area contributed by atoms with Crippen LogP contribution >= 0.6 is 0 Å². The molecule has 0 bridgehead atoms. The van der Waals surface area contributed by atoms with E-state index in [1.165, 1.54) is 12.1 Å². The van der Waals surface area contributed by atoms with Gasteiger partial charge in [0.15, 0.2) is 0 Å². The quantitative estimate of drug-likeness (QED) is 0.912. The first-order valence-electron chi connectivity index (χ1n) is 7.00. The van der Waals surface area contributed by atoms with Gasteiger partial charge in [-0.3, -0.25) is 0 Å². The largest absolute Gasteiger partial charge is 0.416 e.